The Morgan fingerprint density at radius 2 is 1.69 bits per heavy atom. The normalized spacial score (nSPS) is 22.3. The van der Waals surface area contributed by atoms with Crippen LogP contribution < -0.4 is 5.32 Å². The van der Waals surface area contributed by atoms with E-state index in [1.54, 1.807) is 0 Å². The molecule has 1 unspecified atom stereocenters. The summed E-state index contributed by atoms with van der Waals surface area (Å²) in [5.74, 6) is 0. The fourth-order valence-corrected chi connectivity index (χ4v) is 2.40. The summed E-state index contributed by atoms with van der Waals surface area (Å²) in [6, 6.07) is 0.617. The average Bonchev–Trinajstić information content (AvgIpc) is 2.17. The van der Waals surface area contributed by atoms with Crippen molar-refractivity contribution in [1.29, 1.82) is 0 Å². The SMILES string of the molecule is CCNC(C)CN1CCN(C(C)(C)C)CC1. The first kappa shape index (κ1) is 13.9. The minimum Gasteiger partial charge on any atom is -0.313 e. The van der Waals surface area contributed by atoms with Gasteiger partial charge in [-0.2, -0.15) is 0 Å². The Balaban J connectivity index is 2.27. The second kappa shape index (κ2) is 5.99. The van der Waals surface area contributed by atoms with Crippen LogP contribution in [0.5, 0.6) is 0 Å². The Morgan fingerprint density at radius 1 is 1.12 bits per heavy atom. The minimum atomic E-state index is 0.333. The molecule has 1 rings (SSSR count). The van der Waals surface area contributed by atoms with E-state index in [9.17, 15) is 0 Å². The molecule has 16 heavy (non-hydrogen) atoms. The van der Waals surface area contributed by atoms with E-state index < -0.39 is 0 Å². The maximum Gasteiger partial charge on any atom is 0.0166 e. The van der Waals surface area contributed by atoms with Crippen LogP contribution >= 0.6 is 0 Å². The molecule has 0 aromatic heterocycles. The molecule has 1 aliphatic heterocycles. The number of piperazine rings is 1. The molecule has 0 radical (unpaired) electrons. The zero-order valence-corrected chi connectivity index (χ0v) is 11.7. The van der Waals surface area contributed by atoms with Crippen molar-refractivity contribution in [2.24, 2.45) is 0 Å². The van der Waals surface area contributed by atoms with Gasteiger partial charge >= 0.3 is 0 Å². The van der Waals surface area contributed by atoms with Crippen LogP contribution in [-0.2, 0) is 0 Å². The number of likely N-dealkylation sites (N-methyl/N-ethyl adjacent to an activating group) is 1. The molecule has 3 nitrogen and oxygen atoms in total. The van der Waals surface area contributed by atoms with Crippen molar-refractivity contribution >= 4 is 0 Å². The van der Waals surface area contributed by atoms with Gasteiger partial charge in [-0.05, 0) is 34.2 Å². The highest BCUT2D eigenvalue weighted by Crippen LogP contribution is 2.15. The van der Waals surface area contributed by atoms with Crippen LogP contribution in [0, 0.1) is 0 Å². The molecule has 0 spiro atoms. The molecule has 1 fully saturated rings. The van der Waals surface area contributed by atoms with Crippen LogP contribution in [0.2, 0.25) is 0 Å². The molecule has 1 aliphatic rings. The molecular weight excluding hydrogens is 198 g/mol. The van der Waals surface area contributed by atoms with Gasteiger partial charge < -0.3 is 5.32 Å². The van der Waals surface area contributed by atoms with Crippen LogP contribution in [0.1, 0.15) is 34.6 Å². The Hall–Kier alpha value is -0.120. The lowest BCUT2D eigenvalue weighted by Crippen LogP contribution is -2.55. The second-order valence-electron chi connectivity index (χ2n) is 5.92. The largest absolute Gasteiger partial charge is 0.313 e. The first-order valence-electron chi connectivity index (χ1n) is 6.64. The van der Waals surface area contributed by atoms with Gasteiger partial charge in [0, 0.05) is 44.3 Å². The summed E-state index contributed by atoms with van der Waals surface area (Å²) < 4.78 is 0. The van der Waals surface area contributed by atoms with Gasteiger partial charge in [0.1, 0.15) is 0 Å². The van der Waals surface area contributed by atoms with Crippen molar-refractivity contribution in [1.82, 2.24) is 15.1 Å². The Bertz CT molecular complexity index is 190. The molecular formula is C13H29N3. The van der Waals surface area contributed by atoms with Crippen LogP contribution in [0.15, 0.2) is 0 Å². The first-order chi connectivity index (χ1) is 7.43. The third-order valence-electron chi connectivity index (χ3n) is 3.41. The lowest BCUT2D eigenvalue weighted by Gasteiger charge is -2.42. The molecule has 0 bridgehead atoms. The topological polar surface area (TPSA) is 18.5 Å². The maximum absolute atomic E-state index is 3.48. The van der Waals surface area contributed by atoms with Crippen LogP contribution in [-0.4, -0.2) is 60.6 Å². The van der Waals surface area contributed by atoms with Crippen molar-refractivity contribution in [3.05, 3.63) is 0 Å². The molecule has 1 atom stereocenters. The standard InChI is InChI=1S/C13H29N3/c1-6-14-12(2)11-15-7-9-16(10-8-15)13(3,4)5/h12,14H,6-11H2,1-5H3. The molecule has 3 heteroatoms. The fraction of sp³-hybridized carbons (Fsp3) is 1.00. The lowest BCUT2D eigenvalue weighted by molar-refractivity contribution is 0.0590. The van der Waals surface area contributed by atoms with E-state index in [0.717, 1.165) is 6.54 Å². The molecule has 1 N–H and O–H groups in total. The summed E-state index contributed by atoms with van der Waals surface area (Å²) in [6.07, 6.45) is 0. The molecule has 0 amide bonds. The minimum absolute atomic E-state index is 0.333. The first-order valence-corrected chi connectivity index (χ1v) is 6.64. The van der Waals surface area contributed by atoms with Gasteiger partial charge in [-0.3, -0.25) is 9.80 Å². The van der Waals surface area contributed by atoms with Gasteiger partial charge in [-0.1, -0.05) is 6.92 Å². The number of hydrogen-bond acceptors (Lipinski definition) is 3. The summed E-state index contributed by atoms with van der Waals surface area (Å²) in [7, 11) is 0. The Labute approximate surface area is 101 Å². The van der Waals surface area contributed by atoms with Crippen LogP contribution in [0.25, 0.3) is 0 Å². The average molecular weight is 227 g/mol. The number of nitrogens with zero attached hydrogens (tertiary/aromatic N) is 2. The highest BCUT2D eigenvalue weighted by atomic mass is 15.3. The van der Waals surface area contributed by atoms with Crippen LogP contribution in [0.4, 0.5) is 0 Å². The smallest absolute Gasteiger partial charge is 0.0166 e. The molecule has 96 valence electrons. The summed E-state index contributed by atoms with van der Waals surface area (Å²) in [4.78, 5) is 5.16. The predicted molar refractivity (Wildman–Crippen MR) is 70.9 cm³/mol. The monoisotopic (exact) mass is 227 g/mol. The molecule has 0 aromatic rings. The summed E-state index contributed by atoms with van der Waals surface area (Å²) in [5, 5.41) is 3.48. The third-order valence-corrected chi connectivity index (χ3v) is 3.41. The number of rotatable bonds is 4. The zero-order chi connectivity index (χ0) is 12.2. The lowest BCUT2D eigenvalue weighted by atomic mass is 10.0. The summed E-state index contributed by atoms with van der Waals surface area (Å²) in [5.41, 5.74) is 0.333. The Kier molecular flexibility index (Phi) is 5.22. The van der Waals surface area contributed by atoms with Crippen molar-refractivity contribution in [3.8, 4) is 0 Å². The highest BCUT2D eigenvalue weighted by Gasteiger charge is 2.25. The van der Waals surface area contributed by atoms with Gasteiger partial charge in [0.25, 0.3) is 0 Å². The quantitative estimate of drug-likeness (QED) is 0.783. The number of nitrogens with one attached hydrogen (secondary N) is 1. The van der Waals surface area contributed by atoms with Gasteiger partial charge in [-0.25, -0.2) is 0 Å². The van der Waals surface area contributed by atoms with E-state index in [0.29, 0.717) is 11.6 Å². The molecule has 0 saturated carbocycles. The third kappa shape index (κ3) is 4.40. The van der Waals surface area contributed by atoms with E-state index in [1.807, 2.05) is 0 Å². The molecule has 1 saturated heterocycles. The summed E-state index contributed by atoms with van der Waals surface area (Å²) >= 11 is 0. The fourth-order valence-electron chi connectivity index (χ4n) is 2.40. The van der Waals surface area contributed by atoms with Crippen molar-refractivity contribution in [2.45, 2.75) is 46.2 Å². The van der Waals surface area contributed by atoms with E-state index in [-0.39, 0.29) is 0 Å². The second-order valence-corrected chi connectivity index (χ2v) is 5.92. The number of hydrogen-bond donors (Lipinski definition) is 1. The Morgan fingerprint density at radius 3 is 2.12 bits per heavy atom. The van der Waals surface area contributed by atoms with Crippen LogP contribution in [0.3, 0.4) is 0 Å². The zero-order valence-electron chi connectivity index (χ0n) is 11.7. The van der Waals surface area contributed by atoms with Crippen molar-refractivity contribution in [2.75, 3.05) is 39.3 Å². The maximum atomic E-state index is 3.48. The van der Waals surface area contributed by atoms with E-state index in [4.69, 9.17) is 0 Å². The molecule has 1 heterocycles. The summed E-state index contributed by atoms with van der Waals surface area (Å²) in [6.45, 7) is 18.5. The van der Waals surface area contributed by atoms with E-state index in [2.05, 4.69) is 49.7 Å². The predicted octanol–water partition coefficient (Wildman–Crippen LogP) is 1.40. The van der Waals surface area contributed by atoms with Crippen molar-refractivity contribution in [3.63, 3.8) is 0 Å². The van der Waals surface area contributed by atoms with Gasteiger partial charge in [-0.15, -0.1) is 0 Å². The van der Waals surface area contributed by atoms with Crippen molar-refractivity contribution < 1.29 is 0 Å². The molecule has 0 aliphatic carbocycles. The molecule has 0 aromatic carbocycles. The van der Waals surface area contributed by atoms with Gasteiger partial charge in [0.2, 0.25) is 0 Å². The van der Waals surface area contributed by atoms with E-state index in [1.165, 1.54) is 32.7 Å². The van der Waals surface area contributed by atoms with E-state index >= 15 is 0 Å². The van der Waals surface area contributed by atoms with Gasteiger partial charge in [0.15, 0.2) is 0 Å². The van der Waals surface area contributed by atoms with Gasteiger partial charge in [0.05, 0.1) is 0 Å². The highest BCUT2D eigenvalue weighted by molar-refractivity contribution is 4.82.